The van der Waals surface area contributed by atoms with Gasteiger partial charge in [-0.3, -0.25) is 4.99 Å². The highest BCUT2D eigenvalue weighted by Crippen LogP contribution is 2.41. The second-order valence-electron chi connectivity index (χ2n) is 5.31. The van der Waals surface area contributed by atoms with Crippen LogP contribution in [0.3, 0.4) is 0 Å². The van der Waals surface area contributed by atoms with Crippen molar-refractivity contribution in [1.29, 1.82) is 5.26 Å². The van der Waals surface area contributed by atoms with Crippen LogP contribution in [0, 0.1) is 11.3 Å². The van der Waals surface area contributed by atoms with Gasteiger partial charge in [0, 0.05) is 23.6 Å². The standard InChI is InChI=1S/C16H13N3O2S/c17-6-11(16-19-13(8-22-16)10-1-2-10)7-18-12-3-4-14-15(5-12)21-9-20-14/h3-5,7-8,10-11H,1-2,9H2. The highest BCUT2D eigenvalue weighted by molar-refractivity contribution is 7.09. The molecule has 1 aromatic carbocycles. The molecule has 6 heteroatoms. The lowest BCUT2D eigenvalue weighted by Crippen LogP contribution is -1.96. The van der Waals surface area contributed by atoms with Gasteiger partial charge in [0.15, 0.2) is 11.5 Å². The Balaban J connectivity index is 1.53. The van der Waals surface area contributed by atoms with Crippen molar-refractivity contribution < 1.29 is 9.47 Å². The zero-order valence-corrected chi connectivity index (χ0v) is 12.5. The zero-order valence-electron chi connectivity index (χ0n) is 11.7. The molecule has 0 N–H and O–H groups in total. The molecule has 2 aromatic rings. The monoisotopic (exact) mass is 311 g/mol. The van der Waals surface area contributed by atoms with E-state index in [9.17, 15) is 5.26 Å². The van der Waals surface area contributed by atoms with Crippen LogP contribution in [0.5, 0.6) is 11.5 Å². The minimum Gasteiger partial charge on any atom is -0.454 e. The SMILES string of the molecule is N#CC(C=Nc1ccc2c(c1)OCO2)c1nc(C2CC2)cs1. The van der Waals surface area contributed by atoms with E-state index in [1.807, 2.05) is 18.2 Å². The first-order chi connectivity index (χ1) is 10.8. The van der Waals surface area contributed by atoms with Gasteiger partial charge in [0.1, 0.15) is 10.9 Å². The third-order valence-corrected chi connectivity index (χ3v) is 4.62. The summed E-state index contributed by atoms with van der Waals surface area (Å²) >= 11 is 1.54. The summed E-state index contributed by atoms with van der Waals surface area (Å²) in [6, 6.07) is 7.73. The third-order valence-electron chi connectivity index (χ3n) is 3.67. The summed E-state index contributed by atoms with van der Waals surface area (Å²) in [6.07, 6.45) is 4.07. The van der Waals surface area contributed by atoms with E-state index in [-0.39, 0.29) is 6.79 Å². The van der Waals surface area contributed by atoms with Crippen molar-refractivity contribution in [3.05, 3.63) is 34.3 Å². The number of hydrogen-bond donors (Lipinski definition) is 0. The molecule has 0 bridgehead atoms. The predicted molar refractivity (Wildman–Crippen MR) is 83.2 cm³/mol. The van der Waals surface area contributed by atoms with Crippen LogP contribution in [-0.2, 0) is 0 Å². The Bertz CT molecular complexity index is 774. The fraction of sp³-hybridized carbons (Fsp3) is 0.312. The molecule has 0 saturated heterocycles. The van der Waals surface area contributed by atoms with Crippen molar-refractivity contribution in [1.82, 2.24) is 4.98 Å². The van der Waals surface area contributed by atoms with Crippen LogP contribution < -0.4 is 9.47 Å². The molecule has 0 spiro atoms. The maximum Gasteiger partial charge on any atom is 0.231 e. The molecule has 110 valence electrons. The van der Waals surface area contributed by atoms with Gasteiger partial charge in [-0.2, -0.15) is 5.26 Å². The Labute approximate surface area is 131 Å². The fourth-order valence-electron chi connectivity index (χ4n) is 2.29. The van der Waals surface area contributed by atoms with Crippen LogP contribution in [0.2, 0.25) is 0 Å². The molecule has 2 heterocycles. The number of nitriles is 1. The van der Waals surface area contributed by atoms with Crippen molar-refractivity contribution in [2.45, 2.75) is 24.7 Å². The van der Waals surface area contributed by atoms with E-state index in [0.29, 0.717) is 11.7 Å². The van der Waals surface area contributed by atoms with Crippen molar-refractivity contribution in [3.63, 3.8) is 0 Å². The van der Waals surface area contributed by atoms with Crippen molar-refractivity contribution in [3.8, 4) is 17.6 Å². The number of thiazole rings is 1. The predicted octanol–water partition coefficient (Wildman–Crippen LogP) is 3.76. The third kappa shape index (κ3) is 2.55. The summed E-state index contributed by atoms with van der Waals surface area (Å²) in [7, 11) is 0. The molecule has 1 atom stereocenters. The molecule has 0 radical (unpaired) electrons. The smallest absolute Gasteiger partial charge is 0.231 e. The van der Waals surface area contributed by atoms with E-state index in [2.05, 4.69) is 21.4 Å². The fourth-order valence-corrected chi connectivity index (χ4v) is 3.19. The van der Waals surface area contributed by atoms with E-state index in [0.717, 1.165) is 22.1 Å². The Morgan fingerprint density at radius 1 is 1.36 bits per heavy atom. The summed E-state index contributed by atoms with van der Waals surface area (Å²) in [6.45, 7) is 0.242. The molecular formula is C16H13N3O2S. The van der Waals surface area contributed by atoms with Crippen LogP contribution in [0.25, 0.3) is 0 Å². The number of aliphatic imine (C=N–C) groups is 1. The summed E-state index contributed by atoms with van der Waals surface area (Å²) in [4.78, 5) is 8.96. The number of rotatable bonds is 4. The Kier molecular flexibility index (Phi) is 3.28. The maximum absolute atomic E-state index is 9.36. The first-order valence-corrected chi connectivity index (χ1v) is 8.00. The molecule has 2 aliphatic rings. The summed E-state index contributed by atoms with van der Waals surface area (Å²) in [5.74, 6) is 1.61. The molecule has 1 fully saturated rings. The number of ether oxygens (including phenoxy) is 2. The molecular weight excluding hydrogens is 298 g/mol. The molecule has 1 saturated carbocycles. The van der Waals surface area contributed by atoms with Crippen LogP contribution in [0.15, 0.2) is 28.6 Å². The first kappa shape index (κ1) is 13.3. The number of hydrogen-bond acceptors (Lipinski definition) is 6. The van der Waals surface area contributed by atoms with E-state index in [1.54, 1.807) is 6.21 Å². The Hall–Kier alpha value is -2.39. The minimum atomic E-state index is -0.414. The molecule has 1 aromatic heterocycles. The van der Waals surface area contributed by atoms with Gasteiger partial charge in [0.25, 0.3) is 0 Å². The summed E-state index contributed by atoms with van der Waals surface area (Å²) in [5, 5.41) is 12.2. The van der Waals surface area contributed by atoms with E-state index in [4.69, 9.17) is 9.47 Å². The average molecular weight is 311 g/mol. The van der Waals surface area contributed by atoms with Gasteiger partial charge in [0.05, 0.1) is 17.5 Å². The van der Waals surface area contributed by atoms with Crippen molar-refractivity contribution in [2.24, 2.45) is 4.99 Å². The average Bonchev–Trinajstić information content (AvgIpc) is 3.10. The molecule has 5 nitrogen and oxygen atoms in total. The highest BCUT2D eigenvalue weighted by atomic mass is 32.1. The molecule has 4 rings (SSSR count). The lowest BCUT2D eigenvalue weighted by molar-refractivity contribution is 0.174. The van der Waals surface area contributed by atoms with Gasteiger partial charge < -0.3 is 9.47 Å². The quantitative estimate of drug-likeness (QED) is 0.806. The van der Waals surface area contributed by atoms with Crippen molar-refractivity contribution in [2.75, 3.05) is 6.79 Å². The lowest BCUT2D eigenvalue weighted by Gasteiger charge is -2.00. The topological polar surface area (TPSA) is 67.5 Å². The van der Waals surface area contributed by atoms with Gasteiger partial charge in [0.2, 0.25) is 6.79 Å². The van der Waals surface area contributed by atoms with Crippen molar-refractivity contribution >= 4 is 23.2 Å². The summed E-state index contributed by atoms with van der Waals surface area (Å²) in [5.41, 5.74) is 1.86. The van der Waals surface area contributed by atoms with Gasteiger partial charge >= 0.3 is 0 Å². The van der Waals surface area contributed by atoms with Gasteiger partial charge in [-0.1, -0.05) is 0 Å². The normalized spacial score (nSPS) is 17.6. The molecule has 22 heavy (non-hydrogen) atoms. The van der Waals surface area contributed by atoms with Gasteiger partial charge in [-0.05, 0) is 25.0 Å². The van der Waals surface area contributed by atoms with Gasteiger partial charge in [-0.25, -0.2) is 4.98 Å². The Morgan fingerprint density at radius 3 is 3.05 bits per heavy atom. The van der Waals surface area contributed by atoms with E-state index >= 15 is 0 Å². The number of nitrogens with zero attached hydrogens (tertiary/aromatic N) is 3. The number of benzene rings is 1. The lowest BCUT2D eigenvalue weighted by atomic mass is 10.2. The van der Waals surface area contributed by atoms with Crippen LogP contribution in [-0.4, -0.2) is 18.0 Å². The Morgan fingerprint density at radius 2 is 2.23 bits per heavy atom. The van der Waals surface area contributed by atoms with E-state index < -0.39 is 5.92 Å². The van der Waals surface area contributed by atoms with Gasteiger partial charge in [-0.15, -0.1) is 11.3 Å². The van der Waals surface area contributed by atoms with Crippen LogP contribution >= 0.6 is 11.3 Å². The van der Waals surface area contributed by atoms with Crippen LogP contribution in [0.4, 0.5) is 5.69 Å². The van der Waals surface area contributed by atoms with Crippen LogP contribution in [0.1, 0.15) is 35.4 Å². The largest absolute Gasteiger partial charge is 0.454 e. The summed E-state index contributed by atoms with van der Waals surface area (Å²) < 4.78 is 10.6. The second-order valence-corrected chi connectivity index (χ2v) is 6.20. The zero-order chi connectivity index (χ0) is 14.9. The highest BCUT2D eigenvalue weighted by Gasteiger charge is 2.27. The van der Waals surface area contributed by atoms with E-state index in [1.165, 1.54) is 24.2 Å². The molecule has 1 aliphatic heterocycles. The molecule has 1 unspecified atom stereocenters. The number of fused-ring (bicyclic) bond motifs is 1. The second kappa shape index (κ2) is 5.43. The number of aromatic nitrogens is 1. The minimum absolute atomic E-state index is 0.242. The molecule has 1 aliphatic carbocycles. The first-order valence-electron chi connectivity index (χ1n) is 7.12. The maximum atomic E-state index is 9.36. The molecule has 0 amide bonds.